The number of nitrogens with zero attached hydrogens (tertiary/aromatic N) is 4. The average molecular weight is 423 g/mol. The number of hydrogen-bond donors (Lipinski definition) is 2. The first kappa shape index (κ1) is 19.7. The first-order valence-electron chi connectivity index (χ1n) is 9.22. The molecular weight excluding hydrogens is 404 g/mol. The van der Waals surface area contributed by atoms with Gasteiger partial charge < -0.3 is 0 Å². The van der Waals surface area contributed by atoms with Crippen molar-refractivity contribution in [3.63, 3.8) is 0 Å². The number of aromatic nitrogens is 4. The zero-order valence-corrected chi connectivity index (χ0v) is 17.1. The molecule has 9 heteroatoms. The predicted molar refractivity (Wildman–Crippen MR) is 119 cm³/mol. The summed E-state index contributed by atoms with van der Waals surface area (Å²) in [6.07, 6.45) is 1.66. The van der Waals surface area contributed by atoms with Crippen LogP contribution in [-0.4, -0.2) is 25.3 Å². The molecule has 0 aliphatic rings. The van der Waals surface area contributed by atoms with Crippen molar-refractivity contribution in [2.45, 2.75) is 13.5 Å². The third kappa shape index (κ3) is 3.90. The van der Waals surface area contributed by atoms with Gasteiger partial charge in [-0.05, 0) is 30.2 Å². The quantitative estimate of drug-likeness (QED) is 0.381. The van der Waals surface area contributed by atoms with Gasteiger partial charge in [0.2, 0.25) is 5.95 Å². The van der Waals surface area contributed by atoms with E-state index in [-0.39, 0.29) is 11.2 Å². The molecule has 0 atom stereocenters. The topological polar surface area (TPSA) is 97.1 Å². The Bertz CT molecular complexity index is 1370. The van der Waals surface area contributed by atoms with E-state index in [2.05, 4.69) is 20.5 Å². The SMILES string of the molecule is Cc1ccc(/C=N/Nc2nc3c(c(=O)[nH]c(=O)n3C)n2Cc2cccc(Cl)c2)cc1. The predicted octanol–water partition coefficient (Wildman–Crippen LogP) is 2.88. The summed E-state index contributed by atoms with van der Waals surface area (Å²) in [5.74, 6) is 0.333. The van der Waals surface area contributed by atoms with E-state index >= 15 is 0 Å². The van der Waals surface area contributed by atoms with Gasteiger partial charge in [0.15, 0.2) is 11.2 Å². The Hall–Kier alpha value is -3.65. The number of imidazole rings is 1. The smallest absolute Gasteiger partial charge is 0.298 e. The maximum Gasteiger partial charge on any atom is 0.329 e. The van der Waals surface area contributed by atoms with Crippen LogP contribution in [0.1, 0.15) is 16.7 Å². The van der Waals surface area contributed by atoms with Crippen molar-refractivity contribution in [2.24, 2.45) is 12.1 Å². The van der Waals surface area contributed by atoms with Gasteiger partial charge in [0.1, 0.15) is 0 Å². The molecule has 4 rings (SSSR count). The van der Waals surface area contributed by atoms with Crippen molar-refractivity contribution in [1.82, 2.24) is 19.1 Å². The summed E-state index contributed by atoms with van der Waals surface area (Å²) in [5.41, 5.74) is 5.32. The van der Waals surface area contributed by atoms with Crippen LogP contribution in [0.4, 0.5) is 5.95 Å². The Balaban J connectivity index is 1.78. The third-order valence-corrected chi connectivity index (χ3v) is 4.93. The molecule has 0 radical (unpaired) electrons. The lowest BCUT2D eigenvalue weighted by atomic mass is 10.2. The van der Waals surface area contributed by atoms with Crippen LogP contribution in [0.2, 0.25) is 5.02 Å². The van der Waals surface area contributed by atoms with Crippen LogP contribution >= 0.6 is 11.6 Å². The number of fused-ring (bicyclic) bond motifs is 1. The second-order valence-electron chi connectivity index (χ2n) is 6.92. The van der Waals surface area contributed by atoms with Gasteiger partial charge in [-0.25, -0.2) is 10.2 Å². The minimum Gasteiger partial charge on any atom is -0.298 e. The fraction of sp³-hybridized carbons (Fsp3) is 0.143. The van der Waals surface area contributed by atoms with Gasteiger partial charge >= 0.3 is 5.69 Å². The van der Waals surface area contributed by atoms with E-state index in [1.54, 1.807) is 23.9 Å². The second-order valence-corrected chi connectivity index (χ2v) is 7.36. The molecule has 0 unspecified atom stereocenters. The van der Waals surface area contributed by atoms with E-state index in [0.29, 0.717) is 17.5 Å². The van der Waals surface area contributed by atoms with E-state index < -0.39 is 11.2 Å². The maximum atomic E-state index is 12.5. The molecule has 0 saturated carbocycles. The molecule has 0 amide bonds. The van der Waals surface area contributed by atoms with Crippen molar-refractivity contribution in [2.75, 3.05) is 5.43 Å². The summed E-state index contributed by atoms with van der Waals surface area (Å²) in [5, 5.41) is 4.84. The normalized spacial score (nSPS) is 11.4. The van der Waals surface area contributed by atoms with Crippen molar-refractivity contribution in [3.05, 3.63) is 91.1 Å². The molecule has 2 N–H and O–H groups in total. The second kappa shape index (κ2) is 8.00. The van der Waals surface area contributed by atoms with E-state index in [1.807, 2.05) is 49.4 Å². The zero-order valence-electron chi connectivity index (χ0n) is 16.4. The highest BCUT2D eigenvalue weighted by molar-refractivity contribution is 6.30. The molecule has 4 aromatic rings. The van der Waals surface area contributed by atoms with Crippen LogP contribution in [0.25, 0.3) is 11.2 Å². The van der Waals surface area contributed by atoms with Gasteiger partial charge in [0.25, 0.3) is 5.56 Å². The highest BCUT2D eigenvalue weighted by atomic mass is 35.5. The first-order chi connectivity index (χ1) is 14.4. The monoisotopic (exact) mass is 422 g/mol. The Morgan fingerprint density at radius 1 is 1.20 bits per heavy atom. The number of anilines is 1. The largest absolute Gasteiger partial charge is 0.329 e. The fourth-order valence-corrected chi connectivity index (χ4v) is 3.32. The van der Waals surface area contributed by atoms with Crippen molar-refractivity contribution < 1.29 is 0 Å². The molecule has 8 nitrogen and oxygen atoms in total. The number of rotatable bonds is 5. The van der Waals surface area contributed by atoms with Gasteiger partial charge in [-0.2, -0.15) is 10.1 Å². The lowest BCUT2D eigenvalue weighted by Crippen LogP contribution is -2.29. The van der Waals surface area contributed by atoms with Gasteiger partial charge in [0.05, 0.1) is 12.8 Å². The van der Waals surface area contributed by atoms with Gasteiger partial charge in [-0.3, -0.25) is 18.9 Å². The van der Waals surface area contributed by atoms with E-state index in [9.17, 15) is 9.59 Å². The Labute approximate surface area is 176 Å². The number of halogens is 1. The highest BCUT2D eigenvalue weighted by Gasteiger charge is 2.17. The minimum atomic E-state index is -0.533. The Kier molecular flexibility index (Phi) is 5.24. The number of hydrogen-bond acceptors (Lipinski definition) is 5. The molecule has 30 heavy (non-hydrogen) atoms. The van der Waals surface area contributed by atoms with Gasteiger partial charge in [0, 0.05) is 12.1 Å². The van der Waals surface area contributed by atoms with Crippen LogP contribution in [0.15, 0.2) is 63.2 Å². The molecule has 2 aromatic heterocycles. The average Bonchev–Trinajstić information content (AvgIpc) is 3.07. The number of hydrazone groups is 1. The van der Waals surface area contributed by atoms with Crippen LogP contribution in [0, 0.1) is 6.92 Å². The van der Waals surface area contributed by atoms with E-state index in [0.717, 1.165) is 16.7 Å². The zero-order chi connectivity index (χ0) is 21.3. The van der Waals surface area contributed by atoms with E-state index in [4.69, 9.17) is 11.6 Å². The van der Waals surface area contributed by atoms with Crippen LogP contribution in [0.3, 0.4) is 0 Å². The Morgan fingerprint density at radius 2 is 1.97 bits per heavy atom. The summed E-state index contributed by atoms with van der Waals surface area (Å²) >= 11 is 6.11. The molecule has 0 bridgehead atoms. The number of aromatic amines is 1. The van der Waals surface area contributed by atoms with Gasteiger partial charge in [-0.1, -0.05) is 53.6 Å². The number of benzene rings is 2. The highest BCUT2D eigenvalue weighted by Crippen LogP contribution is 2.19. The maximum absolute atomic E-state index is 12.5. The van der Waals surface area contributed by atoms with Crippen LogP contribution in [0.5, 0.6) is 0 Å². The lowest BCUT2D eigenvalue weighted by Gasteiger charge is -2.08. The fourth-order valence-electron chi connectivity index (χ4n) is 3.11. The molecule has 2 aromatic carbocycles. The number of aryl methyl sites for hydroxylation is 2. The molecule has 152 valence electrons. The molecule has 0 fully saturated rings. The van der Waals surface area contributed by atoms with Crippen LogP contribution in [-0.2, 0) is 13.6 Å². The minimum absolute atomic E-state index is 0.263. The molecular formula is C21H19ClN6O2. The van der Waals surface area contributed by atoms with Crippen molar-refractivity contribution in [1.29, 1.82) is 0 Å². The number of H-pyrrole nitrogens is 1. The lowest BCUT2D eigenvalue weighted by molar-refractivity contribution is 0.808. The summed E-state index contributed by atoms with van der Waals surface area (Å²) in [4.78, 5) is 31.3. The Morgan fingerprint density at radius 3 is 2.70 bits per heavy atom. The molecule has 0 spiro atoms. The third-order valence-electron chi connectivity index (χ3n) is 4.69. The van der Waals surface area contributed by atoms with Gasteiger partial charge in [-0.15, -0.1) is 0 Å². The molecule has 0 saturated heterocycles. The standard InChI is InChI=1S/C21H19ClN6O2/c1-13-6-8-14(9-7-13)11-23-26-20-24-18-17(19(29)25-21(30)27(18)2)28(20)12-15-4-3-5-16(22)10-15/h3-11H,12H2,1-2H3,(H,24,26)(H,25,29,30)/b23-11+. The summed E-state index contributed by atoms with van der Waals surface area (Å²) in [7, 11) is 1.55. The summed E-state index contributed by atoms with van der Waals surface area (Å²) in [6, 6.07) is 15.2. The van der Waals surface area contributed by atoms with Crippen LogP contribution < -0.4 is 16.7 Å². The summed E-state index contributed by atoms with van der Waals surface area (Å²) < 4.78 is 2.96. The molecule has 0 aliphatic heterocycles. The van der Waals surface area contributed by atoms with E-state index in [1.165, 1.54) is 4.57 Å². The van der Waals surface area contributed by atoms with Crippen molar-refractivity contribution >= 4 is 34.9 Å². The molecule has 2 heterocycles. The summed E-state index contributed by atoms with van der Waals surface area (Å²) in [6.45, 7) is 2.33. The first-order valence-corrected chi connectivity index (χ1v) is 9.60. The number of nitrogens with one attached hydrogen (secondary N) is 2. The molecule has 0 aliphatic carbocycles. The van der Waals surface area contributed by atoms with Crippen molar-refractivity contribution in [3.8, 4) is 0 Å².